The van der Waals surface area contributed by atoms with E-state index in [0.29, 0.717) is 10.3 Å². The quantitative estimate of drug-likeness (QED) is 0.820. The van der Waals surface area contributed by atoms with Gasteiger partial charge in [-0.25, -0.2) is 0 Å². The van der Waals surface area contributed by atoms with Crippen molar-refractivity contribution < 1.29 is 0 Å². The van der Waals surface area contributed by atoms with Crippen molar-refractivity contribution >= 4 is 28.7 Å². The third kappa shape index (κ3) is 2.53. The van der Waals surface area contributed by atoms with E-state index in [9.17, 15) is 0 Å². The molecule has 2 rings (SSSR count). The molecule has 1 heterocycles. The number of nitrogens with zero attached hydrogens (tertiary/aromatic N) is 1. The number of aliphatic imine (C=N–C) groups is 1. The zero-order chi connectivity index (χ0) is 11.6. The molecule has 2 nitrogen and oxygen atoms in total. The van der Waals surface area contributed by atoms with Gasteiger partial charge in [0, 0.05) is 16.0 Å². The van der Waals surface area contributed by atoms with Crippen LogP contribution in [0.5, 0.6) is 0 Å². The predicted molar refractivity (Wildman–Crippen MR) is 76.7 cm³/mol. The van der Waals surface area contributed by atoms with Crippen molar-refractivity contribution in [3.05, 3.63) is 0 Å². The van der Waals surface area contributed by atoms with Crippen molar-refractivity contribution in [2.75, 3.05) is 18.6 Å². The average Bonchev–Trinajstić information content (AvgIpc) is 3.00. The van der Waals surface area contributed by atoms with Gasteiger partial charge in [0.15, 0.2) is 5.17 Å². The molecule has 1 saturated heterocycles. The molecule has 0 aromatic heterocycles. The van der Waals surface area contributed by atoms with Gasteiger partial charge in [-0.2, -0.15) is 11.8 Å². The first kappa shape index (κ1) is 12.6. The SMILES string of the molecule is CCC1(CC)CSC(=NCC2(SC)CC2)N1. The molecule has 2 aliphatic rings. The Morgan fingerprint density at radius 1 is 1.38 bits per heavy atom. The fraction of sp³-hybridized carbons (Fsp3) is 0.917. The second-order valence-corrected chi connectivity index (χ2v) is 7.15. The summed E-state index contributed by atoms with van der Waals surface area (Å²) in [7, 11) is 0. The van der Waals surface area contributed by atoms with Crippen molar-refractivity contribution in [1.29, 1.82) is 0 Å². The number of amidine groups is 1. The zero-order valence-corrected chi connectivity index (χ0v) is 12.1. The predicted octanol–water partition coefficient (Wildman–Crippen LogP) is 3.13. The summed E-state index contributed by atoms with van der Waals surface area (Å²) < 4.78 is 0.499. The van der Waals surface area contributed by atoms with Crippen LogP contribution in [0.15, 0.2) is 4.99 Å². The first-order valence-corrected chi connectivity index (χ1v) is 8.39. The van der Waals surface area contributed by atoms with Crippen LogP contribution in [-0.4, -0.2) is 34.0 Å². The number of rotatable bonds is 5. The van der Waals surface area contributed by atoms with Gasteiger partial charge in [-0.05, 0) is 31.9 Å². The standard InChI is InChI=1S/C12H22N2S2/c1-4-11(5-2)9-16-10(14-11)13-8-12(15-3)6-7-12/h4-9H2,1-3H3,(H,13,14). The van der Waals surface area contributed by atoms with Crippen LogP contribution < -0.4 is 5.32 Å². The lowest BCUT2D eigenvalue weighted by molar-refractivity contribution is 0.407. The topological polar surface area (TPSA) is 24.4 Å². The van der Waals surface area contributed by atoms with Gasteiger partial charge in [-0.1, -0.05) is 25.6 Å². The molecular formula is C12H22N2S2. The van der Waals surface area contributed by atoms with Crippen LogP contribution in [0.3, 0.4) is 0 Å². The second-order valence-electron chi connectivity index (χ2n) is 4.91. The van der Waals surface area contributed by atoms with Crippen molar-refractivity contribution in [1.82, 2.24) is 5.32 Å². The molecule has 2 fully saturated rings. The fourth-order valence-electron chi connectivity index (χ4n) is 2.00. The van der Waals surface area contributed by atoms with Crippen LogP contribution in [0, 0.1) is 0 Å². The highest BCUT2D eigenvalue weighted by Crippen LogP contribution is 2.47. The maximum absolute atomic E-state index is 4.77. The average molecular weight is 258 g/mol. The van der Waals surface area contributed by atoms with E-state index in [1.807, 2.05) is 23.5 Å². The van der Waals surface area contributed by atoms with Crippen LogP contribution in [0.25, 0.3) is 0 Å². The van der Waals surface area contributed by atoms with Crippen LogP contribution in [0.1, 0.15) is 39.5 Å². The smallest absolute Gasteiger partial charge is 0.157 e. The van der Waals surface area contributed by atoms with E-state index in [-0.39, 0.29) is 0 Å². The lowest BCUT2D eigenvalue weighted by atomic mass is 9.96. The zero-order valence-electron chi connectivity index (χ0n) is 10.5. The molecule has 0 aromatic rings. The molecule has 0 bridgehead atoms. The number of hydrogen-bond acceptors (Lipinski definition) is 3. The molecule has 1 N–H and O–H groups in total. The minimum absolute atomic E-state index is 0.319. The van der Waals surface area contributed by atoms with E-state index in [2.05, 4.69) is 25.4 Å². The number of nitrogens with one attached hydrogen (secondary N) is 1. The molecule has 0 spiro atoms. The van der Waals surface area contributed by atoms with Crippen molar-refractivity contribution in [2.24, 2.45) is 4.99 Å². The summed E-state index contributed by atoms with van der Waals surface area (Å²) in [5.74, 6) is 1.19. The number of hydrogen-bond donors (Lipinski definition) is 1. The Morgan fingerprint density at radius 3 is 2.50 bits per heavy atom. The first-order chi connectivity index (χ1) is 7.67. The molecule has 1 saturated carbocycles. The van der Waals surface area contributed by atoms with Gasteiger partial charge in [0.1, 0.15) is 0 Å². The van der Waals surface area contributed by atoms with E-state index in [1.165, 1.54) is 36.6 Å². The van der Waals surface area contributed by atoms with Crippen LogP contribution in [-0.2, 0) is 0 Å². The Hall–Kier alpha value is 0.170. The highest BCUT2D eigenvalue weighted by Gasteiger charge is 2.42. The Bertz CT molecular complexity index is 281. The Labute approximate surface area is 107 Å². The lowest BCUT2D eigenvalue weighted by Gasteiger charge is -2.25. The minimum atomic E-state index is 0.319. The Morgan fingerprint density at radius 2 is 2.06 bits per heavy atom. The summed E-state index contributed by atoms with van der Waals surface area (Å²) >= 11 is 3.90. The van der Waals surface area contributed by atoms with E-state index < -0.39 is 0 Å². The lowest BCUT2D eigenvalue weighted by Crippen LogP contribution is -2.42. The van der Waals surface area contributed by atoms with Crippen molar-refractivity contribution in [3.63, 3.8) is 0 Å². The molecular weight excluding hydrogens is 236 g/mol. The van der Waals surface area contributed by atoms with E-state index in [1.54, 1.807) is 0 Å². The molecule has 4 heteroatoms. The maximum Gasteiger partial charge on any atom is 0.157 e. The van der Waals surface area contributed by atoms with Gasteiger partial charge >= 0.3 is 0 Å². The van der Waals surface area contributed by atoms with Gasteiger partial charge in [0.05, 0.1) is 6.54 Å². The van der Waals surface area contributed by atoms with Gasteiger partial charge in [0.25, 0.3) is 0 Å². The second kappa shape index (κ2) is 4.81. The monoisotopic (exact) mass is 258 g/mol. The summed E-state index contributed by atoms with van der Waals surface area (Å²) in [6.07, 6.45) is 7.31. The van der Waals surface area contributed by atoms with Crippen LogP contribution in [0.4, 0.5) is 0 Å². The largest absolute Gasteiger partial charge is 0.359 e. The highest BCUT2D eigenvalue weighted by molar-refractivity contribution is 8.14. The van der Waals surface area contributed by atoms with Gasteiger partial charge in [-0.3, -0.25) is 4.99 Å². The van der Waals surface area contributed by atoms with Gasteiger partial charge < -0.3 is 5.32 Å². The van der Waals surface area contributed by atoms with Crippen LogP contribution in [0.2, 0.25) is 0 Å². The van der Waals surface area contributed by atoms with E-state index in [0.717, 1.165) is 6.54 Å². The summed E-state index contributed by atoms with van der Waals surface area (Å²) in [6.45, 7) is 5.54. The summed E-state index contributed by atoms with van der Waals surface area (Å²) in [5, 5.41) is 4.82. The summed E-state index contributed by atoms with van der Waals surface area (Å²) in [5.41, 5.74) is 0.319. The van der Waals surface area contributed by atoms with Crippen LogP contribution >= 0.6 is 23.5 Å². The molecule has 16 heavy (non-hydrogen) atoms. The third-order valence-corrected chi connectivity index (χ3v) is 6.57. The van der Waals surface area contributed by atoms with Crippen molar-refractivity contribution in [2.45, 2.75) is 49.8 Å². The Balaban J connectivity index is 1.90. The van der Waals surface area contributed by atoms with Gasteiger partial charge in [0.2, 0.25) is 0 Å². The van der Waals surface area contributed by atoms with Crippen molar-refractivity contribution in [3.8, 4) is 0 Å². The molecule has 0 atom stereocenters. The molecule has 0 aromatic carbocycles. The highest BCUT2D eigenvalue weighted by atomic mass is 32.2. The minimum Gasteiger partial charge on any atom is -0.359 e. The molecule has 1 aliphatic carbocycles. The summed E-state index contributed by atoms with van der Waals surface area (Å²) in [4.78, 5) is 4.77. The Kier molecular flexibility index (Phi) is 3.79. The van der Waals surface area contributed by atoms with E-state index in [4.69, 9.17) is 4.99 Å². The molecule has 1 aliphatic heterocycles. The van der Waals surface area contributed by atoms with Gasteiger partial charge in [-0.15, -0.1) is 0 Å². The molecule has 92 valence electrons. The number of thioether (sulfide) groups is 2. The molecule has 0 amide bonds. The summed E-state index contributed by atoms with van der Waals surface area (Å²) in [6, 6.07) is 0. The fourth-order valence-corrected chi connectivity index (χ4v) is 4.05. The third-order valence-electron chi connectivity index (χ3n) is 3.96. The normalized spacial score (nSPS) is 28.1. The van der Waals surface area contributed by atoms with E-state index >= 15 is 0 Å². The maximum atomic E-state index is 4.77. The molecule has 0 radical (unpaired) electrons. The first-order valence-electron chi connectivity index (χ1n) is 6.18. The molecule has 0 unspecified atom stereocenters.